The Labute approximate surface area is 103 Å². The Morgan fingerprint density at radius 1 is 1.35 bits per heavy atom. The van der Waals surface area contributed by atoms with E-state index in [1.165, 1.54) is 31.9 Å². The molecule has 2 unspecified atom stereocenters. The third kappa shape index (κ3) is 3.03. The maximum atomic E-state index is 13.8. The molecule has 0 radical (unpaired) electrons. The molecule has 0 bridgehead atoms. The molecule has 1 aromatic heterocycles. The number of halogens is 1. The van der Waals surface area contributed by atoms with E-state index in [2.05, 4.69) is 10.3 Å². The van der Waals surface area contributed by atoms with Crippen molar-refractivity contribution in [3.05, 3.63) is 29.8 Å². The Kier molecular flexibility index (Phi) is 4.49. The topological polar surface area (TPSA) is 24.9 Å². The monoisotopic (exact) mass is 236 g/mol. The molecule has 1 heterocycles. The van der Waals surface area contributed by atoms with Crippen molar-refractivity contribution in [3.63, 3.8) is 0 Å². The van der Waals surface area contributed by atoms with Crippen LogP contribution in [0.15, 0.2) is 18.5 Å². The van der Waals surface area contributed by atoms with Crippen LogP contribution in [0.1, 0.15) is 43.6 Å². The predicted molar refractivity (Wildman–Crippen MR) is 67.4 cm³/mol. The van der Waals surface area contributed by atoms with Crippen molar-refractivity contribution in [2.75, 3.05) is 13.6 Å². The van der Waals surface area contributed by atoms with E-state index in [1.807, 2.05) is 13.1 Å². The number of aromatic nitrogens is 1. The summed E-state index contributed by atoms with van der Waals surface area (Å²) in [5.74, 6) is 0.771. The summed E-state index contributed by atoms with van der Waals surface area (Å²) >= 11 is 0. The van der Waals surface area contributed by atoms with Crippen molar-refractivity contribution in [2.24, 2.45) is 5.92 Å². The van der Waals surface area contributed by atoms with Gasteiger partial charge in [-0.3, -0.25) is 4.98 Å². The molecule has 1 aliphatic rings. The summed E-state index contributed by atoms with van der Waals surface area (Å²) in [6.07, 6.45) is 9.13. The van der Waals surface area contributed by atoms with E-state index in [-0.39, 0.29) is 5.82 Å². The second-order valence-electron chi connectivity index (χ2n) is 4.96. The van der Waals surface area contributed by atoms with E-state index >= 15 is 0 Å². The zero-order chi connectivity index (χ0) is 12.1. The fourth-order valence-electron chi connectivity index (χ4n) is 2.99. The van der Waals surface area contributed by atoms with Gasteiger partial charge in [0.15, 0.2) is 0 Å². The minimum Gasteiger partial charge on any atom is -0.319 e. The molecule has 1 N–H and O–H groups in total. The maximum Gasteiger partial charge on any atom is 0.144 e. The number of nitrogens with zero attached hydrogens (tertiary/aromatic N) is 1. The fourth-order valence-corrected chi connectivity index (χ4v) is 2.99. The lowest BCUT2D eigenvalue weighted by atomic mass is 9.82. The van der Waals surface area contributed by atoms with Crippen LogP contribution >= 0.6 is 0 Å². The van der Waals surface area contributed by atoms with Gasteiger partial charge < -0.3 is 5.32 Å². The predicted octanol–water partition coefficient (Wildman–Crippen LogP) is 3.10. The minimum absolute atomic E-state index is 0.138. The van der Waals surface area contributed by atoms with Gasteiger partial charge in [-0.05, 0) is 49.9 Å². The summed E-state index contributed by atoms with van der Waals surface area (Å²) in [5.41, 5.74) is 0.863. The molecule has 17 heavy (non-hydrogen) atoms. The van der Waals surface area contributed by atoms with Crippen LogP contribution in [0.3, 0.4) is 0 Å². The Hall–Kier alpha value is -0.960. The van der Waals surface area contributed by atoms with E-state index in [1.54, 1.807) is 6.20 Å². The van der Waals surface area contributed by atoms with Gasteiger partial charge in [0.25, 0.3) is 0 Å². The van der Waals surface area contributed by atoms with Gasteiger partial charge in [0.2, 0.25) is 0 Å². The summed E-state index contributed by atoms with van der Waals surface area (Å²) in [7, 11) is 1.98. The van der Waals surface area contributed by atoms with Crippen LogP contribution in [-0.2, 0) is 0 Å². The van der Waals surface area contributed by atoms with E-state index < -0.39 is 0 Å². The Morgan fingerprint density at radius 2 is 2.18 bits per heavy atom. The number of hydrogen-bond donors (Lipinski definition) is 1. The van der Waals surface area contributed by atoms with Gasteiger partial charge in [-0.25, -0.2) is 4.39 Å². The Balaban J connectivity index is 2.22. The number of pyridine rings is 1. The van der Waals surface area contributed by atoms with Crippen LogP contribution in [-0.4, -0.2) is 18.6 Å². The number of nitrogens with one attached hydrogen (secondary N) is 1. The Bertz CT molecular complexity index is 354. The van der Waals surface area contributed by atoms with Crippen molar-refractivity contribution in [3.8, 4) is 0 Å². The molecule has 94 valence electrons. The summed E-state index contributed by atoms with van der Waals surface area (Å²) in [4.78, 5) is 3.84. The second kappa shape index (κ2) is 6.10. The van der Waals surface area contributed by atoms with Gasteiger partial charge in [0, 0.05) is 6.20 Å². The lowest BCUT2D eigenvalue weighted by molar-refractivity contribution is 0.376. The summed E-state index contributed by atoms with van der Waals surface area (Å²) < 4.78 is 13.8. The number of hydrogen-bond acceptors (Lipinski definition) is 2. The molecule has 1 aromatic rings. The highest BCUT2D eigenvalue weighted by Gasteiger charge is 2.26. The van der Waals surface area contributed by atoms with Crippen molar-refractivity contribution in [2.45, 2.75) is 38.0 Å². The quantitative estimate of drug-likeness (QED) is 0.816. The molecule has 2 atom stereocenters. The lowest BCUT2D eigenvalue weighted by Crippen LogP contribution is -2.24. The smallest absolute Gasteiger partial charge is 0.144 e. The van der Waals surface area contributed by atoms with Crippen LogP contribution in [0.4, 0.5) is 4.39 Å². The highest BCUT2D eigenvalue weighted by Crippen LogP contribution is 2.36. The van der Waals surface area contributed by atoms with E-state index in [0.29, 0.717) is 11.8 Å². The van der Waals surface area contributed by atoms with Crippen molar-refractivity contribution in [1.82, 2.24) is 10.3 Å². The highest BCUT2D eigenvalue weighted by molar-refractivity contribution is 5.19. The largest absolute Gasteiger partial charge is 0.319 e. The number of rotatable bonds is 3. The molecular weight excluding hydrogens is 215 g/mol. The van der Waals surface area contributed by atoms with E-state index in [0.717, 1.165) is 18.5 Å². The molecular formula is C14H21FN2. The van der Waals surface area contributed by atoms with Crippen LogP contribution in [0, 0.1) is 11.7 Å². The Morgan fingerprint density at radius 3 is 2.94 bits per heavy atom. The summed E-state index contributed by atoms with van der Waals surface area (Å²) in [6.45, 7) is 0.979. The molecule has 0 spiro atoms. The van der Waals surface area contributed by atoms with Crippen molar-refractivity contribution < 1.29 is 4.39 Å². The molecule has 0 amide bonds. The van der Waals surface area contributed by atoms with Crippen LogP contribution in [0.25, 0.3) is 0 Å². The highest BCUT2D eigenvalue weighted by atomic mass is 19.1. The van der Waals surface area contributed by atoms with Gasteiger partial charge >= 0.3 is 0 Å². The zero-order valence-corrected chi connectivity index (χ0v) is 10.5. The van der Waals surface area contributed by atoms with Gasteiger partial charge in [-0.1, -0.05) is 19.3 Å². The first-order chi connectivity index (χ1) is 8.33. The average molecular weight is 236 g/mol. The molecule has 0 aliphatic heterocycles. The molecule has 2 rings (SSSR count). The molecule has 0 aromatic carbocycles. The first-order valence-electron chi connectivity index (χ1n) is 6.57. The van der Waals surface area contributed by atoms with Gasteiger partial charge in [0.1, 0.15) is 5.82 Å². The van der Waals surface area contributed by atoms with Crippen molar-refractivity contribution in [1.29, 1.82) is 0 Å². The SMILES string of the molecule is CNCC1CCCCCC1c1ccncc1F. The molecule has 1 aliphatic carbocycles. The van der Waals surface area contributed by atoms with E-state index in [4.69, 9.17) is 0 Å². The van der Waals surface area contributed by atoms with Crippen molar-refractivity contribution >= 4 is 0 Å². The van der Waals surface area contributed by atoms with Gasteiger partial charge in [0.05, 0.1) is 6.20 Å². The molecule has 0 saturated heterocycles. The zero-order valence-electron chi connectivity index (χ0n) is 10.5. The molecule has 3 heteroatoms. The summed E-state index contributed by atoms with van der Waals surface area (Å²) in [5, 5.41) is 3.25. The third-order valence-electron chi connectivity index (χ3n) is 3.83. The minimum atomic E-state index is -0.138. The molecule has 1 fully saturated rings. The first kappa shape index (κ1) is 12.5. The van der Waals surface area contributed by atoms with Crippen LogP contribution in [0.2, 0.25) is 0 Å². The maximum absolute atomic E-state index is 13.8. The standard InChI is InChI=1S/C14H21FN2/c1-16-9-11-5-3-2-4-6-12(11)13-7-8-17-10-14(13)15/h7-8,10-12,16H,2-6,9H2,1H3. The lowest BCUT2D eigenvalue weighted by Gasteiger charge is -2.25. The average Bonchev–Trinajstić information content (AvgIpc) is 2.56. The van der Waals surface area contributed by atoms with Gasteiger partial charge in [-0.15, -0.1) is 0 Å². The van der Waals surface area contributed by atoms with E-state index in [9.17, 15) is 4.39 Å². The van der Waals surface area contributed by atoms with Crippen LogP contribution in [0.5, 0.6) is 0 Å². The first-order valence-corrected chi connectivity index (χ1v) is 6.57. The fraction of sp³-hybridized carbons (Fsp3) is 0.643. The normalized spacial score (nSPS) is 25.5. The molecule has 2 nitrogen and oxygen atoms in total. The third-order valence-corrected chi connectivity index (χ3v) is 3.83. The van der Waals surface area contributed by atoms with Gasteiger partial charge in [-0.2, -0.15) is 0 Å². The molecule has 1 saturated carbocycles. The second-order valence-corrected chi connectivity index (χ2v) is 4.96. The summed E-state index contributed by atoms with van der Waals surface area (Å²) in [6, 6.07) is 1.86. The van der Waals surface area contributed by atoms with Crippen LogP contribution < -0.4 is 5.32 Å².